The van der Waals surface area contributed by atoms with E-state index in [4.69, 9.17) is 5.11 Å². The van der Waals surface area contributed by atoms with Crippen LogP contribution in [0.25, 0.3) is 0 Å². The summed E-state index contributed by atoms with van der Waals surface area (Å²) in [5.74, 6) is -0.984. The number of nitrogens with zero attached hydrogens (tertiary/aromatic N) is 2. The lowest BCUT2D eigenvalue weighted by molar-refractivity contribution is -0.132. The molecule has 0 saturated heterocycles. The molecule has 0 spiro atoms. The molecule has 6 nitrogen and oxygen atoms in total. The van der Waals surface area contributed by atoms with Crippen molar-refractivity contribution in [3.8, 4) is 0 Å². The zero-order valence-electron chi connectivity index (χ0n) is 11.3. The molecule has 0 aliphatic heterocycles. The number of nitrogens with one attached hydrogen (secondary N) is 1. The summed E-state index contributed by atoms with van der Waals surface area (Å²) in [6.07, 6.45) is 0. The molecule has 106 valence electrons. The first-order valence-corrected chi connectivity index (χ1v) is 7.07. The Labute approximate surface area is 116 Å². The average molecular weight is 285 g/mol. The highest BCUT2D eigenvalue weighted by atomic mass is 32.1. The molecular formula is C12H19N3O3S. The van der Waals surface area contributed by atoms with Gasteiger partial charge in [-0.25, -0.2) is 9.78 Å². The third-order valence-corrected chi connectivity index (χ3v) is 3.65. The van der Waals surface area contributed by atoms with Gasteiger partial charge < -0.3 is 15.3 Å². The topological polar surface area (TPSA) is 82.5 Å². The van der Waals surface area contributed by atoms with Gasteiger partial charge in [0.15, 0.2) is 0 Å². The predicted octanol–water partition coefficient (Wildman–Crippen LogP) is 1.19. The lowest BCUT2D eigenvalue weighted by atomic mass is 10.2. The van der Waals surface area contributed by atoms with E-state index in [1.807, 2.05) is 13.8 Å². The number of carbonyl (C=O) groups is 2. The summed E-state index contributed by atoms with van der Waals surface area (Å²) in [5.41, 5.74) is 0.640. The molecule has 2 N–H and O–H groups in total. The Kier molecular flexibility index (Phi) is 5.91. The van der Waals surface area contributed by atoms with Crippen LogP contribution in [0.1, 0.15) is 36.3 Å². The number of amides is 1. The van der Waals surface area contributed by atoms with Gasteiger partial charge in [-0.1, -0.05) is 0 Å². The second kappa shape index (κ2) is 7.20. The molecule has 1 atom stereocenters. The number of carbonyl (C=O) groups excluding carboxylic acids is 1. The van der Waals surface area contributed by atoms with Crippen LogP contribution >= 0.6 is 11.3 Å². The Balaban J connectivity index is 2.51. The second-order valence-electron chi connectivity index (χ2n) is 4.06. The third kappa shape index (κ3) is 4.29. The molecular weight excluding hydrogens is 266 g/mol. The Morgan fingerprint density at radius 3 is 2.58 bits per heavy atom. The van der Waals surface area contributed by atoms with Crippen LogP contribution in [0, 0.1) is 0 Å². The van der Waals surface area contributed by atoms with Crippen LogP contribution in [-0.2, 0) is 11.3 Å². The Bertz CT molecular complexity index is 443. The van der Waals surface area contributed by atoms with Crippen molar-refractivity contribution in [2.75, 3.05) is 13.1 Å². The summed E-state index contributed by atoms with van der Waals surface area (Å²) in [6, 6.07) is -0.310. The molecule has 1 unspecified atom stereocenters. The minimum Gasteiger partial charge on any atom is -0.476 e. The van der Waals surface area contributed by atoms with Crippen LogP contribution in [0.5, 0.6) is 0 Å². The summed E-state index contributed by atoms with van der Waals surface area (Å²) in [6.45, 7) is 7.42. The van der Waals surface area contributed by atoms with Gasteiger partial charge in [0, 0.05) is 25.0 Å². The van der Waals surface area contributed by atoms with Crippen molar-refractivity contribution in [1.82, 2.24) is 15.2 Å². The number of likely N-dealkylation sites (N-methyl/N-ethyl adjacent to an activating group) is 1. The monoisotopic (exact) mass is 285 g/mol. The van der Waals surface area contributed by atoms with Gasteiger partial charge in [0.2, 0.25) is 10.9 Å². The van der Waals surface area contributed by atoms with E-state index < -0.39 is 5.97 Å². The van der Waals surface area contributed by atoms with Crippen molar-refractivity contribution < 1.29 is 14.7 Å². The van der Waals surface area contributed by atoms with E-state index in [0.29, 0.717) is 25.3 Å². The fourth-order valence-corrected chi connectivity index (χ4v) is 2.29. The lowest BCUT2D eigenvalue weighted by Crippen LogP contribution is -2.44. The van der Waals surface area contributed by atoms with Crippen LogP contribution < -0.4 is 5.32 Å². The molecule has 1 rings (SSSR count). The first kappa shape index (κ1) is 15.6. The van der Waals surface area contributed by atoms with Gasteiger partial charge in [0.1, 0.15) is 0 Å². The molecule has 0 aliphatic carbocycles. The van der Waals surface area contributed by atoms with Crippen LogP contribution in [0.2, 0.25) is 0 Å². The highest BCUT2D eigenvalue weighted by Gasteiger charge is 2.18. The molecule has 0 aromatic carbocycles. The molecule has 1 aromatic heterocycles. The summed E-state index contributed by atoms with van der Waals surface area (Å²) in [5, 5.41) is 13.6. The minimum absolute atomic E-state index is 0.0405. The van der Waals surface area contributed by atoms with Crippen LogP contribution in [0.4, 0.5) is 0 Å². The van der Waals surface area contributed by atoms with Crippen LogP contribution in [0.3, 0.4) is 0 Å². The molecule has 7 heteroatoms. The average Bonchev–Trinajstić information content (AvgIpc) is 2.86. The number of aromatic nitrogens is 1. The van der Waals surface area contributed by atoms with E-state index >= 15 is 0 Å². The maximum absolute atomic E-state index is 12.0. The first-order valence-electron chi connectivity index (χ1n) is 6.19. The fraction of sp³-hybridized carbons (Fsp3) is 0.583. The minimum atomic E-state index is -1.02. The van der Waals surface area contributed by atoms with Gasteiger partial charge >= 0.3 is 5.97 Å². The van der Waals surface area contributed by atoms with E-state index in [0.717, 1.165) is 11.3 Å². The van der Waals surface area contributed by atoms with Crippen molar-refractivity contribution in [3.05, 3.63) is 16.1 Å². The molecule has 1 heterocycles. The van der Waals surface area contributed by atoms with Crippen molar-refractivity contribution in [2.24, 2.45) is 0 Å². The number of hydrogen-bond donors (Lipinski definition) is 2. The molecule has 0 saturated carbocycles. The maximum atomic E-state index is 12.0. The summed E-state index contributed by atoms with van der Waals surface area (Å²) in [7, 11) is 0. The predicted molar refractivity (Wildman–Crippen MR) is 73.3 cm³/mol. The number of carboxylic acid groups (broad SMARTS) is 1. The maximum Gasteiger partial charge on any atom is 0.365 e. The number of aromatic carboxylic acids is 1. The van der Waals surface area contributed by atoms with E-state index in [9.17, 15) is 9.59 Å². The molecule has 0 aliphatic rings. The highest BCUT2D eigenvalue weighted by Crippen LogP contribution is 2.09. The molecule has 1 amide bonds. The van der Waals surface area contributed by atoms with Crippen molar-refractivity contribution in [1.29, 1.82) is 0 Å². The largest absolute Gasteiger partial charge is 0.476 e. The van der Waals surface area contributed by atoms with E-state index in [1.54, 1.807) is 17.2 Å². The third-order valence-electron chi connectivity index (χ3n) is 2.77. The normalized spacial score (nSPS) is 12.2. The summed E-state index contributed by atoms with van der Waals surface area (Å²) in [4.78, 5) is 28.4. The highest BCUT2D eigenvalue weighted by molar-refractivity contribution is 7.11. The van der Waals surface area contributed by atoms with Crippen molar-refractivity contribution >= 4 is 23.2 Å². The number of thiazole rings is 1. The summed E-state index contributed by atoms with van der Waals surface area (Å²) >= 11 is 1.09. The van der Waals surface area contributed by atoms with Gasteiger partial charge in [-0.3, -0.25) is 4.79 Å². The van der Waals surface area contributed by atoms with Gasteiger partial charge in [0.25, 0.3) is 0 Å². The zero-order chi connectivity index (χ0) is 14.4. The smallest absolute Gasteiger partial charge is 0.365 e. The molecule has 0 radical (unpaired) electrons. The number of hydrogen-bond acceptors (Lipinski definition) is 5. The van der Waals surface area contributed by atoms with Crippen molar-refractivity contribution in [3.63, 3.8) is 0 Å². The Morgan fingerprint density at radius 2 is 2.11 bits per heavy atom. The second-order valence-corrected chi connectivity index (χ2v) is 4.92. The van der Waals surface area contributed by atoms with Crippen LogP contribution in [0.15, 0.2) is 5.38 Å². The molecule has 0 fully saturated rings. The SMILES string of the molecule is CCN(CC)C(=O)C(C)NCc1csc(C(=O)O)n1. The van der Waals surface area contributed by atoms with Crippen LogP contribution in [-0.4, -0.2) is 46.0 Å². The van der Waals surface area contributed by atoms with E-state index in [1.165, 1.54) is 0 Å². The lowest BCUT2D eigenvalue weighted by Gasteiger charge is -2.23. The Morgan fingerprint density at radius 1 is 1.47 bits per heavy atom. The van der Waals surface area contributed by atoms with Gasteiger partial charge in [0.05, 0.1) is 11.7 Å². The first-order chi connectivity index (χ1) is 8.99. The van der Waals surface area contributed by atoms with Gasteiger partial charge in [-0.05, 0) is 20.8 Å². The molecule has 19 heavy (non-hydrogen) atoms. The molecule has 0 bridgehead atoms. The standard InChI is InChI=1S/C12H19N3O3S/c1-4-15(5-2)11(16)8(3)13-6-9-7-19-10(14-9)12(17)18/h7-8,13H,4-6H2,1-3H3,(H,17,18). The van der Waals surface area contributed by atoms with E-state index in [-0.39, 0.29) is 17.0 Å². The summed E-state index contributed by atoms with van der Waals surface area (Å²) < 4.78 is 0. The Hall–Kier alpha value is -1.47. The zero-order valence-corrected chi connectivity index (χ0v) is 12.2. The molecule has 1 aromatic rings. The van der Waals surface area contributed by atoms with Gasteiger partial charge in [-0.15, -0.1) is 11.3 Å². The number of rotatable bonds is 7. The quantitative estimate of drug-likeness (QED) is 0.786. The van der Waals surface area contributed by atoms with Gasteiger partial charge in [-0.2, -0.15) is 0 Å². The fourth-order valence-electron chi connectivity index (χ4n) is 1.64. The van der Waals surface area contributed by atoms with Crippen molar-refractivity contribution in [2.45, 2.75) is 33.4 Å². The number of carboxylic acids is 1. The van der Waals surface area contributed by atoms with E-state index in [2.05, 4.69) is 10.3 Å².